The number of rotatable bonds is 6. The molecule has 0 aliphatic heterocycles. The van der Waals surface area contributed by atoms with Gasteiger partial charge in [0.2, 0.25) is 0 Å². The summed E-state index contributed by atoms with van der Waals surface area (Å²) >= 11 is 0. The predicted molar refractivity (Wildman–Crippen MR) is 72.0 cm³/mol. The fourth-order valence-electron chi connectivity index (χ4n) is 2.31. The van der Waals surface area contributed by atoms with Gasteiger partial charge >= 0.3 is 12.0 Å². The molecule has 0 bridgehead atoms. The van der Waals surface area contributed by atoms with E-state index >= 15 is 0 Å². The topological polar surface area (TPSA) is 118 Å². The van der Waals surface area contributed by atoms with E-state index in [1.165, 1.54) is 10.9 Å². The molecule has 116 valence electrons. The molecular formula is C12H19N5O4. The smallest absolute Gasteiger partial charge is 0.358 e. The van der Waals surface area contributed by atoms with Crippen molar-refractivity contribution < 1.29 is 19.4 Å². The number of ether oxygens (including phenoxy) is 1. The monoisotopic (exact) mass is 297 g/mol. The van der Waals surface area contributed by atoms with Crippen LogP contribution in [-0.2, 0) is 11.3 Å². The van der Waals surface area contributed by atoms with E-state index < -0.39 is 5.97 Å². The van der Waals surface area contributed by atoms with E-state index in [1.807, 2.05) is 0 Å². The molecule has 1 heterocycles. The third-order valence-electron chi connectivity index (χ3n) is 3.44. The minimum atomic E-state index is -1.12. The van der Waals surface area contributed by atoms with Crippen molar-refractivity contribution in [3.05, 3.63) is 11.9 Å². The highest BCUT2D eigenvalue weighted by atomic mass is 16.5. The van der Waals surface area contributed by atoms with Crippen molar-refractivity contribution in [2.24, 2.45) is 0 Å². The Balaban J connectivity index is 1.66. The van der Waals surface area contributed by atoms with Crippen molar-refractivity contribution in [1.82, 2.24) is 25.6 Å². The Morgan fingerprint density at radius 3 is 2.95 bits per heavy atom. The quantitative estimate of drug-likeness (QED) is 0.671. The van der Waals surface area contributed by atoms with E-state index in [4.69, 9.17) is 9.84 Å². The maximum atomic E-state index is 11.7. The number of hydrogen-bond acceptors (Lipinski definition) is 5. The Labute approximate surface area is 121 Å². The lowest BCUT2D eigenvalue weighted by molar-refractivity contribution is 0.0690. The minimum absolute atomic E-state index is 0.115. The highest BCUT2D eigenvalue weighted by Crippen LogP contribution is 2.21. The number of urea groups is 1. The maximum Gasteiger partial charge on any atom is 0.358 e. The number of aromatic nitrogens is 3. The number of carbonyl (C=O) groups excluding carboxylic acids is 1. The first kappa shape index (κ1) is 15.2. The zero-order valence-corrected chi connectivity index (χ0v) is 11.8. The van der Waals surface area contributed by atoms with Gasteiger partial charge in [0.05, 0.1) is 18.8 Å². The molecule has 1 aliphatic rings. The summed E-state index contributed by atoms with van der Waals surface area (Å²) in [5.74, 6) is -1.12. The molecule has 21 heavy (non-hydrogen) atoms. The lowest BCUT2D eigenvalue weighted by Gasteiger charge is -2.13. The molecule has 0 aromatic carbocycles. The standard InChI is InChI=1S/C12H19N5O4/c1-21-9-3-2-8(6-9)14-12(20)13-4-5-17-7-10(11(18)19)15-16-17/h7-9H,2-6H2,1H3,(H,18,19)(H2,13,14,20). The average molecular weight is 297 g/mol. The van der Waals surface area contributed by atoms with Gasteiger partial charge in [0.15, 0.2) is 5.69 Å². The summed E-state index contributed by atoms with van der Waals surface area (Å²) in [6, 6.07) is -0.102. The molecule has 2 unspecified atom stereocenters. The van der Waals surface area contributed by atoms with Crippen LogP contribution in [0, 0.1) is 0 Å². The third-order valence-corrected chi connectivity index (χ3v) is 3.44. The number of aromatic carboxylic acids is 1. The van der Waals surface area contributed by atoms with Crippen LogP contribution in [0.25, 0.3) is 0 Å². The summed E-state index contributed by atoms with van der Waals surface area (Å²) in [6.45, 7) is 0.702. The summed E-state index contributed by atoms with van der Waals surface area (Å²) in [4.78, 5) is 22.3. The second-order valence-corrected chi connectivity index (χ2v) is 4.94. The van der Waals surface area contributed by atoms with Crippen LogP contribution in [0.15, 0.2) is 6.20 Å². The number of amides is 2. The van der Waals surface area contributed by atoms with Gasteiger partial charge in [-0.1, -0.05) is 5.21 Å². The van der Waals surface area contributed by atoms with Gasteiger partial charge in [0.1, 0.15) is 0 Å². The van der Waals surface area contributed by atoms with Crippen LogP contribution in [0.2, 0.25) is 0 Å². The van der Waals surface area contributed by atoms with Gasteiger partial charge in [-0.15, -0.1) is 5.10 Å². The second kappa shape index (κ2) is 7.02. The Kier molecular flexibility index (Phi) is 5.09. The molecule has 0 spiro atoms. The predicted octanol–water partition coefficient (Wildman–Crippen LogP) is -0.157. The van der Waals surface area contributed by atoms with Crippen LogP contribution in [0.4, 0.5) is 4.79 Å². The number of hydrogen-bond donors (Lipinski definition) is 3. The Hall–Kier alpha value is -2.16. The number of carbonyl (C=O) groups is 2. The van der Waals surface area contributed by atoms with Gasteiger partial charge in [-0.05, 0) is 19.3 Å². The van der Waals surface area contributed by atoms with Gasteiger partial charge in [-0.3, -0.25) is 0 Å². The van der Waals surface area contributed by atoms with Crippen LogP contribution in [0.1, 0.15) is 29.8 Å². The molecular weight excluding hydrogens is 278 g/mol. The van der Waals surface area contributed by atoms with Crippen LogP contribution in [0.3, 0.4) is 0 Å². The first-order valence-electron chi connectivity index (χ1n) is 6.79. The highest BCUT2D eigenvalue weighted by Gasteiger charge is 2.25. The molecule has 1 aromatic heterocycles. The zero-order valence-electron chi connectivity index (χ0n) is 11.8. The van der Waals surface area contributed by atoms with Gasteiger partial charge in [0.25, 0.3) is 0 Å². The largest absolute Gasteiger partial charge is 0.476 e. The molecule has 2 rings (SSSR count). The SMILES string of the molecule is COC1CCC(NC(=O)NCCn2cc(C(=O)O)nn2)C1. The molecule has 1 aromatic rings. The van der Waals surface area contributed by atoms with Crippen molar-refractivity contribution >= 4 is 12.0 Å². The summed E-state index contributed by atoms with van der Waals surface area (Å²) in [7, 11) is 1.68. The third kappa shape index (κ3) is 4.42. The summed E-state index contributed by atoms with van der Waals surface area (Å²) in [5.41, 5.74) is -0.115. The summed E-state index contributed by atoms with van der Waals surface area (Å²) in [6.07, 6.45) is 4.24. The lowest BCUT2D eigenvalue weighted by Crippen LogP contribution is -2.42. The normalized spacial score (nSPS) is 21.2. The van der Waals surface area contributed by atoms with Crippen LogP contribution >= 0.6 is 0 Å². The Morgan fingerprint density at radius 1 is 1.52 bits per heavy atom. The minimum Gasteiger partial charge on any atom is -0.476 e. The molecule has 3 N–H and O–H groups in total. The molecule has 2 atom stereocenters. The Bertz CT molecular complexity index is 504. The van der Waals surface area contributed by atoms with Crippen molar-refractivity contribution in [1.29, 1.82) is 0 Å². The number of methoxy groups -OCH3 is 1. The number of carboxylic acids is 1. The van der Waals surface area contributed by atoms with Crippen LogP contribution in [0.5, 0.6) is 0 Å². The van der Waals surface area contributed by atoms with E-state index in [0.29, 0.717) is 13.1 Å². The van der Waals surface area contributed by atoms with Crippen molar-refractivity contribution in [2.75, 3.05) is 13.7 Å². The molecule has 9 heteroatoms. The van der Waals surface area contributed by atoms with E-state index in [0.717, 1.165) is 19.3 Å². The van der Waals surface area contributed by atoms with Crippen molar-refractivity contribution in [3.8, 4) is 0 Å². The van der Waals surface area contributed by atoms with E-state index in [2.05, 4.69) is 20.9 Å². The Morgan fingerprint density at radius 2 is 2.33 bits per heavy atom. The summed E-state index contributed by atoms with van der Waals surface area (Å²) < 4.78 is 6.62. The van der Waals surface area contributed by atoms with E-state index in [-0.39, 0.29) is 23.9 Å². The highest BCUT2D eigenvalue weighted by molar-refractivity contribution is 5.84. The van der Waals surface area contributed by atoms with E-state index in [1.54, 1.807) is 7.11 Å². The van der Waals surface area contributed by atoms with Gasteiger partial charge in [-0.2, -0.15) is 0 Å². The van der Waals surface area contributed by atoms with Crippen molar-refractivity contribution in [3.63, 3.8) is 0 Å². The maximum absolute atomic E-state index is 11.7. The molecule has 9 nitrogen and oxygen atoms in total. The second-order valence-electron chi connectivity index (χ2n) is 4.94. The number of nitrogens with one attached hydrogen (secondary N) is 2. The van der Waals surface area contributed by atoms with Gasteiger partial charge in [0, 0.05) is 19.7 Å². The van der Waals surface area contributed by atoms with E-state index in [9.17, 15) is 9.59 Å². The van der Waals surface area contributed by atoms with Gasteiger partial charge in [-0.25, -0.2) is 14.3 Å². The first-order valence-corrected chi connectivity index (χ1v) is 6.79. The fourth-order valence-corrected chi connectivity index (χ4v) is 2.31. The van der Waals surface area contributed by atoms with Crippen LogP contribution in [-0.4, -0.2) is 57.9 Å². The first-order chi connectivity index (χ1) is 10.1. The zero-order chi connectivity index (χ0) is 15.2. The van der Waals surface area contributed by atoms with Gasteiger partial charge < -0.3 is 20.5 Å². The molecule has 1 fully saturated rings. The molecule has 0 radical (unpaired) electrons. The molecule has 0 saturated heterocycles. The average Bonchev–Trinajstić information content (AvgIpc) is 3.07. The molecule has 2 amide bonds. The summed E-state index contributed by atoms with van der Waals surface area (Å²) in [5, 5.41) is 21.4. The van der Waals surface area contributed by atoms with Crippen LogP contribution < -0.4 is 10.6 Å². The van der Waals surface area contributed by atoms with Crippen molar-refractivity contribution in [2.45, 2.75) is 38.0 Å². The number of carboxylic acid groups (broad SMARTS) is 1. The number of nitrogens with zero attached hydrogens (tertiary/aromatic N) is 3. The molecule has 1 saturated carbocycles. The molecule has 1 aliphatic carbocycles. The fraction of sp³-hybridized carbons (Fsp3) is 0.667. The lowest BCUT2D eigenvalue weighted by atomic mass is 10.2.